The predicted octanol–water partition coefficient (Wildman–Crippen LogP) is 5.91. The van der Waals surface area contributed by atoms with Gasteiger partial charge in [-0.3, -0.25) is 0 Å². The SMILES string of the molecule is Cn1ccc2ccc(CP(Br)(c3ccccc3)(c3ccccc3)c3ccccc3)nc21. The zero-order valence-electron chi connectivity index (χ0n) is 17.4. The number of aryl methyl sites for hydroxylation is 1. The van der Waals surface area contributed by atoms with E-state index in [4.69, 9.17) is 4.98 Å². The number of benzene rings is 3. The Labute approximate surface area is 191 Å². The van der Waals surface area contributed by atoms with E-state index in [9.17, 15) is 0 Å². The molecule has 2 nitrogen and oxygen atoms in total. The zero-order chi connectivity index (χ0) is 21.3. The summed E-state index contributed by atoms with van der Waals surface area (Å²) in [5.41, 5.74) is 2.10. The molecule has 4 heteroatoms. The number of pyridine rings is 1. The van der Waals surface area contributed by atoms with Gasteiger partial charge in [0.2, 0.25) is 0 Å². The molecule has 0 aliphatic rings. The van der Waals surface area contributed by atoms with Gasteiger partial charge in [-0.2, -0.15) is 0 Å². The first kappa shape index (κ1) is 20.2. The zero-order valence-corrected chi connectivity index (χ0v) is 19.9. The summed E-state index contributed by atoms with van der Waals surface area (Å²) in [5.74, 6) is 0. The molecule has 0 bridgehead atoms. The van der Waals surface area contributed by atoms with Crippen molar-refractivity contribution in [3.05, 3.63) is 121 Å². The molecule has 0 amide bonds. The van der Waals surface area contributed by atoms with Gasteiger partial charge in [0.25, 0.3) is 0 Å². The van der Waals surface area contributed by atoms with Crippen LogP contribution in [-0.2, 0) is 13.2 Å². The third-order valence-electron chi connectivity index (χ3n) is 6.12. The summed E-state index contributed by atoms with van der Waals surface area (Å²) in [5, 5.41) is 2.06. The maximum absolute atomic E-state index is 5.11. The minimum absolute atomic E-state index is 0.796. The van der Waals surface area contributed by atoms with Crippen molar-refractivity contribution in [1.29, 1.82) is 0 Å². The molecule has 0 N–H and O–H groups in total. The Morgan fingerprint density at radius 2 is 1.16 bits per heavy atom. The first-order valence-electron chi connectivity index (χ1n) is 10.4. The molecule has 0 atom stereocenters. The summed E-state index contributed by atoms with van der Waals surface area (Å²) >= 11 is 4.51. The Bertz CT molecular complexity index is 1230. The van der Waals surface area contributed by atoms with Crippen LogP contribution in [0.2, 0.25) is 0 Å². The monoisotopic (exact) mass is 486 g/mol. The molecule has 0 fully saturated rings. The topological polar surface area (TPSA) is 17.8 Å². The summed E-state index contributed by atoms with van der Waals surface area (Å²) in [6.07, 6.45) is 2.87. The second-order valence-electron chi connectivity index (χ2n) is 7.99. The second kappa shape index (κ2) is 7.75. The van der Waals surface area contributed by atoms with Gasteiger partial charge in [-0.15, -0.1) is 0 Å². The summed E-state index contributed by atoms with van der Waals surface area (Å²) in [7, 11) is 2.05. The molecule has 2 heterocycles. The van der Waals surface area contributed by atoms with E-state index in [1.54, 1.807) is 0 Å². The van der Waals surface area contributed by atoms with Gasteiger partial charge in [-0.1, -0.05) is 0 Å². The van der Waals surface area contributed by atoms with Crippen LogP contribution in [0.1, 0.15) is 5.69 Å². The number of nitrogens with zero attached hydrogens (tertiary/aromatic N) is 2. The normalized spacial score (nSPS) is 13.0. The van der Waals surface area contributed by atoms with Crippen molar-refractivity contribution in [2.45, 2.75) is 6.16 Å². The molecule has 5 rings (SSSR count). The molecule has 3 aromatic carbocycles. The average molecular weight is 487 g/mol. The first-order chi connectivity index (χ1) is 15.1. The number of hydrogen-bond donors (Lipinski definition) is 0. The van der Waals surface area contributed by atoms with E-state index < -0.39 is 5.31 Å². The third-order valence-corrected chi connectivity index (χ3v) is 15.6. The fourth-order valence-corrected chi connectivity index (χ4v) is 12.0. The number of rotatable bonds is 5. The standard InChI is InChI=1S/C27H24BrN2P/c1-30-20-19-22-17-18-23(29-27(22)30)21-31(28,24-11-5-2-6-12-24,25-13-7-3-8-14-25)26-15-9-4-10-16-26/h2-20H,21H2,1H3. The van der Waals surface area contributed by atoms with Crippen LogP contribution >= 0.6 is 20.8 Å². The fourth-order valence-electron chi connectivity index (χ4n) is 4.50. The number of aromatic nitrogens is 2. The van der Waals surface area contributed by atoms with Crippen molar-refractivity contribution in [3.8, 4) is 0 Å². The van der Waals surface area contributed by atoms with Crippen LogP contribution < -0.4 is 15.9 Å². The molecular formula is C27H24BrN2P. The van der Waals surface area contributed by atoms with Crippen LogP contribution in [0.3, 0.4) is 0 Å². The van der Waals surface area contributed by atoms with E-state index in [0.717, 1.165) is 17.5 Å². The van der Waals surface area contributed by atoms with Crippen LogP contribution in [0.4, 0.5) is 0 Å². The molecule has 154 valence electrons. The van der Waals surface area contributed by atoms with Crippen molar-refractivity contribution in [3.63, 3.8) is 0 Å². The number of fused-ring (bicyclic) bond motifs is 1. The fraction of sp³-hybridized carbons (Fsp3) is 0.0741. The van der Waals surface area contributed by atoms with Crippen LogP contribution in [0.5, 0.6) is 0 Å². The van der Waals surface area contributed by atoms with Crippen LogP contribution in [0, 0.1) is 0 Å². The Hall–Kier alpha value is -2.74. The van der Waals surface area contributed by atoms with E-state index >= 15 is 0 Å². The molecule has 0 saturated heterocycles. The van der Waals surface area contributed by atoms with E-state index in [2.05, 4.69) is 142 Å². The first-order valence-corrected chi connectivity index (χ1v) is 14.8. The van der Waals surface area contributed by atoms with Crippen molar-refractivity contribution in [2.75, 3.05) is 0 Å². The van der Waals surface area contributed by atoms with Gasteiger partial charge in [0.15, 0.2) is 0 Å². The van der Waals surface area contributed by atoms with Crippen LogP contribution in [0.15, 0.2) is 115 Å². The quantitative estimate of drug-likeness (QED) is 0.282. The molecule has 0 radical (unpaired) electrons. The summed E-state index contributed by atoms with van der Waals surface area (Å²) in [6, 6.07) is 39.1. The minimum atomic E-state index is -3.03. The number of hydrogen-bond acceptors (Lipinski definition) is 1. The predicted molar refractivity (Wildman–Crippen MR) is 138 cm³/mol. The van der Waals surface area contributed by atoms with Crippen molar-refractivity contribution in [1.82, 2.24) is 9.55 Å². The Morgan fingerprint density at radius 3 is 1.65 bits per heavy atom. The summed E-state index contributed by atoms with van der Waals surface area (Å²) < 4.78 is 2.09. The van der Waals surface area contributed by atoms with Gasteiger partial charge in [-0.05, 0) is 0 Å². The molecular weight excluding hydrogens is 463 g/mol. The number of halogens is 1. The van der Waals surface area contributed by atoms with Crippen molar-refractivity contribution < 1.29 is 0 Å². The van der Waals surface area contributed by atoms with Gasteiger partial charge in [-0.25, -0.2) is 0 Å². The van der Waals surface area contributed by atoms with Crippen LogP contribution in [0.25, 0.3) is 11.0 Å². The van der Waals surface area contributed by atoms with Gasteiger partial charge < -0.3 is 0 Å². The Balaban J connectivity index is 1.84. The summed E-state index contributed by atoms with van der Waals surface area (Å²) in [6.45, 7) is 0. The molecule has 0 aliphatic heterocycles. The molecule has 31 heavy (non-hydrogen) atoms. The van der Waals surface area contributed by atoms with Crippen molar-refractivity contribution >= 4 is 47.7 Å². The molecule has 0 unspecified atom stereocenters. The second-order valence-corrected chi connectivity index (χ2v) is 16.9. The van der Waals surface area contributed by atoms with Crippen molar-refractivity contribution in [2.24, 2.45) is 7.05 Å². The molecule has 0 saturated carbocycles. The molecule has 2 aromatic heterocycles. The average Bonchev–Trinajstić information content (AvgIpc) is 3.21. The Morgan fingerprint density at radius 1 is 0.677 bits per heavy atom. The molecule has 0 spiro atoms. The summed E-state index contributed by atoms with van der Waals surface area (Å²) in [4.78, 5) is 5.11. The maximum atomic E-state index is 5.11. The van der Waals surface area contributed by atoms with Crippen LogP contribution in [-0.4, -0.2) is 9.55 Å². The van der Waals surface area contributed by atoms with E-state index in [1.165, 1.54) is 21.3 Å². The van der Waals surface area contributed by atoms with E-state index in [0.29, 0.717) is 0 Å². The molecule has 0 aliphatic carbocycles. The van der Waals surface area contributed by atoms with Gasteiger partial charge in [0.05, 0.1) is 0 Å². The van der Waals surface area contributed by atoms with Gasteiger partial charge in [0, 0.05) is 0 Å². The van der Waals surface area contributed by atoms with E-state index in [-0.39, 0.29) is 0 Å². The van der Waals surface area contributed by atoms with E-state index in [1.807, 2.05) is 0 Å². The van der Waals surface area contributed by atoms with Gasteiger partial charge in [0.1, 0.15) is 0 Å². The third kappa shape index (κ3) is 3.24. The van der Waals surface area contributed by atoms with Gasteiger partial charge >= 0.3 is 192 Å². The molecule has 5 aromatic rings. The Kier molecular flexibility index (Phi) is 5.04.